The zero-order chi connectivity index (χ0) is 12.1. The molecule has 0 heterocycles. The molecule has 15 heavy (non-hydrogen) atoms. The fraction of sp³-hybridized carbons (Fsp3) is 1.00. The summed E-state index contributed by atoms with van der Waals surface area (Å²) >= 11 is 5.64. The lowest BCUT2D eigenvalue weighted by atomic mass is 10.0. The van der Waals surface area contributed by atoms with Gasteiger partial charge in [-0.25, -0.2) is 13.1 Å². The predicted molar refractivity (Wildman–Crippen MR) is 65.7 cm³/mol. The lowest BCUT2D eigenvalue weighted by molar-refractivity contribution is 0.437. The van der Waals surface area contributed by atoms with Crippen molar-refractivity contribution < 1.29 is 8.42 Å². The molecule has 1 N–H and O–H groups in total. The van der Waals surface area contributed by atoms with Crippen LogP contribution in [0.5, 0.6) is 0 Å². The van der Waals surface area contributed by atoms with Gasteiger partial charge in [0.05, 0.1) is 5.75 Å². The molecule has 92 valence electrons. The molecule has 0 aromatic rings. The summed E-state index contributed by atoms with van der Waals surface area (Å²) in [4.78, 5) is 0. The number of rotatable bonds is 7. The zero-order valence-corrected chi connectivity index (χ0v) is 11.5. The molecule has 5 heteroatoms. The Morgan fingerprint density at radius 3 is 2.07 bits per heavy atom. The van der Waals surface area contributed by atoms with Crippen molar-refractivity contribution in [1.82, 2.24) is 4.72 Å². The Hall–Kier alpha value is 0.200. The van der Waals surface area contributed by atoms with Gasteiger partial charge in [0, 0.05) is 11.9 Å². The Morgan fingerprint density at radius 2 is 1.73 bits per heavy atom. The summed E-state index contributed by atoms with van der Waals surface area (Å²) in [6, 6.07) is -0.0498. The standard InChI is InChI=1S/C10H22ClNO2S/c1-8(2)7-15(13,14)12-10(5-6-11)9(3)4/h8-10,12H,5-7H2,1-4H3. The summed E-state index contributed by atoms with van der Waals surface area (Å²) in [6.45, 7) is 7.78. The highest BCUT2D eigenvalue weighted by molar-refractivity contribution is 7.89. The molecule has 0 aliphatic heterocycles. The van der Waals surface area contributed by atoms with Gasteiger partial charge in [-0.15, -0.1) is 11.6 Å². The van der Waals surface area contributed by atoms with E-state index in [1.807, 2.05) is 27.7 Å². The first-order valence-corrected chi connectivity index (χ1v) is 7.53. The average Bonchev–Trinajstić information content (AvgIpc) is 2.00. The number of hydrogen-bond acceptors (Lipinski definition) is 2. The highest BCUT2D eigenvalue weighted by atomic mass is 35.5. The van der Waals surface area contributed by atoms with Gasteiger partial charge in [0.15, 0.2) is 0 Å². The second kappa shape index (κ2) is 6.71. The topological polar surface area (TPSA) is 46.2 Å². The van der Waals surface area contributed by atoms with Crippen molar-refractivity contribution in [2.24, 2.45) is 11.8 Å². The first kappa shape index (κ1) is 15.2. The van der Waals surface area contributed by atoms with Crippen molar-refractivity contribution in [2.75, 3.05) is 11.6 Å². The monoisotopic (exact) mass is 255 g/mol. The normalized spacial score (nSPS) is 14.9. The highest BCUT2D eigenvalue weighted by Crippen LogP contribution is 2.10. The van der Waals surface area contributed by atoms with E-state index in [9.17, 15) is 8.42 Å². The molecule has 0 aromatic carbocycles. The third kappa shape index (κ3) is 7.14. The Balaban J connectivity index is 4.39. The maximum Gasteiger partial charge on any atom is 0.212 e. The molecule has 0 bridgehead atoms. The van der Waals surface area contributed by atoms with Crippen molar-refractivity contribution in [1.29, 1.82) is 0 Å². The first-order chi connectivity index (χ1) is 6.78. The lowest BCUT2D eigenvalue weighted by Crippen LogP contribution is -2.40. The molecular weight excluding hydrogens is 234 g/mol. The van der Waals surface area contributed by atoms with E-state index in [2.05, 4.69) is 4.72 Å². The third-order valence-electron chi connectivity index (χ3n) is 2.11. The SMILES string of the molecule is CC(C)CS(=O)(=O)NC(CCCl)C(C)C. The van der Waals surface area contributed by atoms with Gasteiger partial charge in [-0.05, 0) is 18.3 Å². The van der Waals surface area contributed by atoms with E-state index in [1.54, 1.807) is 0 Å². The molecule has 1 unspecified atom stereocenters. The molecule has 0 aliphatic carbocycles. The van der Waals surface area contributed by atoms with Crippen molar-refractivity contribution in [2.45, 2.75) is 40.2 Å². The second-order valence-corrected chi connectivity index (χ2v) is 6.80. The molecule has 0 fully saturated rings. The van der Waals surface area contributed by atoms with E-state index in [-0.39, 0.29) is 23.6 Å². The summed E-state index contributed by atoms with van der Waals surface area (Å²) in [5.74, 6) is 1.07. The smallest absolute Gasteiger partial charge is 0.212 e. The molecule has 0 aliphatic rings. The number of sulfonamides is 1. The molecule has 3 nitrogen and oxygen atoms in total. The maximum absolute atomic E-state index is 11.7. The van der Waals surface area contributed by atoms with Crippen LogP contribution in [0.1, 0.15) is 34.1 Å². The van der Waals surface area contributed by atoms with Gasteiger partial charge in [0.1, 0.15) is 0 Å². The number of halogens is 1. The summed E-state index contributed by atoms with van der Waals surface area (Å²) in [6.07, 6.45) is 0.677. The van der Waals surface area contributed by atoms with Crippen LogP contribution in [0.25, 0.3) is 0 Å². The quantitative estimate of drug-likeness (QED) is 0.709. The van der Waals surface area contributed by atoms with Crippen molar-refractivity contribution >= 4 is 21.6 Å². The average molecular weight is 256 g/mol. The van der Waals surface area contributed by atoms with Gasteiger partial charge < -0.3 is 0 Å². The van der Waals surface area contributed by atoms with E-state index in [0.717, 1.165) is 0 Å². The van der Waals surface area contributed by atoms with Gasteiger partial charge in [-0.2, -0.15) is 0 Å². The van der Waals surface area contributed by atoms with Crippen molar-refractivity contribution in [3.8, 4) is 0 Å². The van der Waals surface area contributed by atoms with Gasteiger partial charge in [0.25, 0.3) is 0 Å². The van der Waals surface area contributed by atoms with E-state index < -0.39 is 10.0 Å². The molecule has 0 amide bonds. The maximum atomic E-state index is 11.7. The van der Waals surface area contributed by atoms with Crippen LogP contribution >= 0.6 is 11.6 Å². The number of hydrogen-bond donors (Lipinski definition) is 1. The van der Waals surface area contributed by atoms with Crippen LogP contribution in [0, 0.1) is 11.8 Å². The Morgan fingerprint density at radius 1 is 1.20 bits per heavy atom. The van der Waals surface area contributed by atoms with E-state index in [0.29, 0.717) is 12.3 Å². The molecule has 0 spiro atoms. The van der Waals surface area contributed by atoms with Crippen LogP contribution in [0.2, 0.25) is 0 Å². The van der Waals surface area contributed by atoms with Crippen LogP contribution in [-0.4, -0.2) is 26.1 Å². The molecule has 0 saturated heterocycles. The number of alkyl halides is 1. The first-order valence-electron chi connectivity index (χ1n) is 5.34. The lowest BCUT2D eigenvalue weighted by Gasteiger charge is -2.21. The minimum absolute atomic E-state index is 0.0498. The third-order valence-corrected chi connectivity index (χ3v) is 4.09. The van der Waals surface area contributed by atoms with Crippen LogP contribution in [0.3, 0.4) is 0 Å². The fourth-order valence-corrected chi connectivity index (χ4v) is 3.42. The van der Waals surface area contributed by atoms with Gasteiger partial charge in [-0.3, -0.25) is 0 Å². The van der Waals surface area contributed by atoms with E-state index >= 15 is 0 Å². The van der Waals surface area contributed by atoms with Crippen LogP contribution in [0.15, 0.2) is 0 Å². The molecule has 0 rings (SSSR count). The molecule has 0 aromatic heterocycles. The molecular formula is C10H22ClNO2S. The Kier molecular flexibility index (Phi) is 6.80. The molecule has 0 radical (unpaired) electrons. The van der Waals surface area contributed by atoms with Gasteiger partial charge >= 0.3 is 0 Å². The predicted octanol–water partition coefficient (Wildman–Crippen LogP) is 2.22. The molecule has 1 atom stereocenters. The molecule has 0 saturated carbocycles. The van der Waals surface area contributed by atoms with Gasteiger partial charge in [-0.1, -0.05) is 27.7 Å². The Labute approximate surface area is 98.6 Å². The minimum atomic E-state index is -3.16. The minimum Gasteiger partial charge on any atom is -0.212 e. The summed E-state index contributed by atoms with van der Waals surface area (Å²) in [7, 11) is -3.16. The van der Waals surface area contributed by atoms with Crippen LogP contribution in [-0.2, 0) is 10.0 Å². The fourth-order valence-electron chi connectivity index (χ4n) is 1.36. The van der Waals surface area contributed by atoms with Crippen LogP contribution < -0.4 is 4.72 Å². The van der Waals surface area contributed by atoms with E-state index in [1.165, 1.54) is 0 Å². The van der Waals surface area contributed by atoms with Crippen molar-refractivity contribution in [3.05, 3.63) is 0 Å². The zero-order valence-electron chi connectivity index (χ0n) is 9.96. The van der Waals surface area contributed by atoms with Crippen LogP contribution in [0.4, 0.5) is 0 Å². The van der Waals surface area contributed by atoms with Gasteiger partial charge in [0.2, 0.25) is 10.0 Å². The second-order valence-electron chi connectivity index (χ2n) is 4.62. The number of nitrogens with one attached hydrogen (secondary N) is 1. The summed E-state index contributed by atoms with van der Waals surface area (Å²) in [5, 5.41) is 0. The largest absolute Gasteiger partial charge is 0.212 e. The van der Waals surface area contributed by atoms with Crippen molar-refractivity contribution in [3.63, 3.8) is 0 Å². The Bertz CT molecular complexity index is 263. The summed E-state index contributed by atoms with van der Waals surface area (Å²) in [5.41, 5.74) is 0. The van der Waals surface area contributed by atoms with E-state index in [4.69, 9.17) is 11.6 Å². The highest BCUT2D eigenvalue weighted by Gasteiger charge is 2.20. The summed E-state index contributed by atoms with van der Waals surface area (Å²) < 4.78 is 26.1.